The van der Waals surface area contributed by atoms with Gasteiger partial charge in [-0.05, 0) is 56.0 Å². The molecule has 3 heterocycles. The van der Waals surface area contributed by atoms with E-state index in [-0.39, 0.29) is 48.2 Å². The highest BCUT2D eigenvalue weighted by molar-refractivity contribution is 7.15. The van der Waals surface area contributed by atoms with Gasteiger partial charge >= 0.3 is 0 Å². The number of anilines is 3. The molecule has 0 spiro atoms. The second-order valence-corrected chi connectivity index (χ2v) is 11.6. The van der Waals surface area contributed by atoms with Crippen LogP contribution < -0.4 is 14.5 Å². The second-order valence-electron chi connectivity index (χ2n) is 10.4. The third-order valence-corrected chi connectivity index (χ3v) is 8.83. The van der Waals surface area contributed by atoms with Crippen LogP contribution >= 0.6 is 11.3 Å². The molecule has 6 heteroatoms. The molecule has 198 valence electrons. The zero-order valence-corrected chi connectivity index (χ0v) is 23.0. The van der Waals surface area contributed by atoms with Gasteiger partial charge in [-0.2, -0.15) is 0 Å². The number of fused-ring (bicyclic) bond motifs is 3. The molecule has 0 bridgehead atoms. The summed E-state index contributed by atoms with van der Waals surface area (Å²) in [5, 5.41) is 0.959. The van der Waals surface area contributed by atoms with Crippen molar-refractivity contribution in [3.05, 3.63) is 101 Å². The highest BCUT2D eigenvalue weighted by Crippen LogP contribution is 2.52. The van der Waals surface area contributed by atoms with Crippen LogP contribution in [-0.2, 0) is 0 Å². The van der Waals surface area contributed by atoms with Crippen molar-refractivity contribution in [1.29, 1.82) is 0 Å². The van der Waals surface area contributed by atoms with Crippen molar-refractivity contribution in [2.45, 2.75) is 51.5 Å². The summed E-state index contributed by atoms with van der Waals surface area (Å²) >= 11 is 1.67. The summed E-state index contributed by atoms with van der Waals surface area (Å²) in [5.41, 5.74) is 3.70. The van der Waals surface area contributed by atoms with Crippen LogP contribution in [0.1, 0.15) is 65.5 Å². The van der Waals surface area contributed by atoms with E-state index in [4.69, 9.17) is 20.7 Å². The van der Waals surface area contributed by atoms with Gasteiger partial charge in [-0.15, -0.1) is 11.3 Å². The Morgan fingerprint density at radius 1 is 0.974 bits per heavy atom. The molecular weight excluding hydrogens is 500 g/mol. The van der Waals surface area contributed by atoms with E-state index in [1.165, 1.54) is 18.4 Å². The van der Waals surface area contributed by atoms with Crippen molar-refractivity contribution >= 4 is 33.5 Å². The normalized spacial score (nSPS) is 23.3. The fraction of sp³-hybridized carbons (Fsp3) is 0.303. The lowest BCUT2D eigenvalue weighted by Gasteiger charge is -2.31. The average molecular weight is 543 g/mol. The standard InChI is InChI=1S/C33H34N4OS/c1-22-20-34-33(39-22)37-30-15-8-7-14-28(30)29-17-16-27(19-31(29)37)38-26-13-9-12-25(18-26)36-21-35(3)32(23(36)2)24-10-5-4-6-11-24/h4-6,9-13,16-20,28,30H,7-8,14-15,21H2,1-3H3/i4D,5D,6D,9D,10D,11D,12D,13D. The summed E-state index contributed by atoms with van der Waals surface area (Å²) in [6, 6.07) is 5.32. The van der Waals surface area contributed by atoms with Crippen molar-refractivity contribution in [1.82, 2.24) is 9.88 Å². The average Bonchev–Trinajstić information content (AvgIpc) is 3.72. The lowest BCUT2D eigenvalue weighted by Crippen LogP contribution is -2.32. The summed E-state index contributed by atoms with van der Waals surface area (Å²) < 4.78 is 73.8. The maximum Gasteiger partial charge on any atom is 0.190 e. The SMILES string of the molecule is [2H]c1c(Oc2ccc3c(c2)N(c2ncc(C)s2)C2CCCCC32)cc(N2CN(C)C(c3c([2H])c([2H])c([2H])c([2H])c3[2H])=C2C)c([2H])c1[2H]. The Morgan fingerprint density at radius 2 is 1.82 bits per heavy atom. The molecule has 0 amide bonds. The lowest BCUT2D eigenvalue weighted by molar-refractivity contribution is 0.402. The van der Waals surface area contributed by atoms with E-state index < -0.39 is 18.1 Å². The minimum absolute atomic E-state index is 0.0726. The van der Waals surface area contributed by atoms with Gasteiger partial charge in [-0.3, -0.25) is 0 Å². The summed E-state index contributed by atoms with van der Waals surface area (Å²) in [6.07, 6.45) is 6.47. The van der Waals surface area contributed by atoms with Crippen molar-refractivity contribution < 1.29 is 15.7 Å². The zero-order valence-electron chi connectivity index (χ0n) is 30.2. The molecule has 3 aromatic carbocycles. The van der Waals surface area contributed by atoms with Gasteiger partial charge in [0, 0.05) is 53.6 Å². The quantitative estimate of drug-likeness (QED) is 0.252. The number of allylic oxidation sites excluding steroid dienone is 1. The third kappa shape index (κ3) is 4.27. The monoisotopic (exact) mass is 542 g/mol. The van der Waals surface area contributed by atoms with Gasteiger partial charge in [-0.25, -0.2) is 4.98 Å². The Hall–Kier alpha value is -3.77. The van der Waals surface area contributed by atoms with Crippen LogP contribution in [-0.4, -0.2) is 29.6 Å². The smallest absolute Gasteiger partial charge is 0.190 e. The van der Waals surface area contributed by atoms with Crippen LogP contribution in [0.15, 0.2) is 84.5 Å². The van der Waals surface area contributed by atoms with Gasteiger partial charge in [0.05, 0.1) is 29.0 Å². The first-order valence-corrected chi connectivity index (χ1v) is 14.1. The molecule has 39 heavy (non-hydrogen) atoms. The molecule has 1 saturated carbocycles. The minimum atomic E-state index is -0.463. The molecule has 7 rings (SSSR count). The first-order chi connectivity index (χ1) is 22.4. The van der Waals surface area contributed by atoms with Gasteiger partial charge in [0.25, 0.3) is 0 Å². The predicted octanol–water partition coefficient (Wildman–Crippen LogP) is 8.52. The molecular formula is C33H34N4OS. The highest BCUT2D eigenvalue weighted by Gasteiger charge is 2.41. The number of hydrogen-bond donors (Lipinski definition) is 0. The molecule has 0 radical (unpaired) electrons. The van der Waals surface area contributed by atoms with Crippen molar-refractivity contribution in [3.8, 4) is 11.5 Å². The first kappa shape index (κ1) is 17.0. The van der Waals surface area contributed by atoms with Gasteiger partial charge in [0.2, 0.25) is 0 Å². The number of ether oxygens (including phenoxy) is 1. The van der Waals surface area contributed by atoms with Gasteiger partial charge in [0.15, 0.2) is 5.13 Å². The number of nitrogens with zero attached hydrogens (tertiary/aromatic N) is 4. The van der Waals surface area contributed by atoms with Crippen LogP contribution in [0, 0.1) is 6.92 Å². The van der Waals surface area contributed by atoms with Crippen molar-refractivity contribution in [3.63, 3.8) is 0 Å². The molecule has 2 atom stereocenters. The zero-order chi connectivity index (χ0) is 33.5. The second kappa shape index (κ2) is 9.76. The maximum absolute atomic E-state index is 8.78. The molecule has 1 aliphatic carbocycles. The summed E-state index contributed by atoms with van der Waals surface area (Å²) in [6.45, 7) is 4.02. The summed E-state index contributed by atoms with van der Waals surface area (Å²) in [7, 11) is 1.75. The van der Waals surface area contributed by atoms with Crippen LogP contribution in [0.5, 0.6) is 11.5 Å². The first-order valence-electron chi connectivity index (χ1n) is 17.3. The molecule has 0 saturated heterocycles. The largest absolute Gasteiger partial charge is 0.457 e. The van der Waals surface area contributed by atoms with E-state index in [9.17, 15) is 0 Å². The summed E-state index contributed by atoms with van der Waals surface area (Å²) in [4.78, 5) is 11.7. The number of hydrogen-bond acceptors (Lipinski definition) is 6. The van der Waals surface area contributed by atoms with Gasteiger partial charge in [-0.1, -0.05) is 55.2 Å². The Labute approximate surface area is 246 Å². The molecule has 4 aromatic rings. The Morgan fingerprint density at radius 3 is 2.64 bits per heavy atom. The van der Waals surface area contributed by atoms with E-state index in [1.54, 1.807) is 41.2 Å². The number of thiazole rings is 1. The molecule has 2 aliphatic heterocycles. The van der Waals surface area contributed by atoms with Gasteiger partial charge < -0.3 is 19.4 Å². The minimum Gasteiger partial charge on any atom is -0.457 e. The fourth-order valence-corrected chi connectivity index (χ4v) is 7.07. The van der Waals surface area contributed by atoms with Crippen LogP contribution in [0.2, 0.25) is 0 Å². The summed E-state index contributed by atoms with van der Waals surface area (Å²) in [5.74, 6) is 1.06. The van der Waals surface area contributed by atoms with E-state index >= 15 is 0 Å². The Bertz CT molecular complexity index is 1950. The van der Waals surface area contributed by atoms with Crippen LogP contribution in [0.25, 0.3) is 5.70 Å². The Balaban J connectivity index is 1.28. The van der Waals surface area contributed by atoms with E-state index in [1.807, 2.05) is 18.3 Å². The van der Waals surface area contributed by atoms with E-state index in [0.29, 0.717) is 34.8 Å². The number of aromatic nitrogens is 1. The molecule has 2 unspecified atom stereocenters. The van der Waals surface area contributed by atoms with Crippen molar-refractivity contribution in [2.24, 2.45) is 0 Å². The molecule has 1 fully saturated rings. The van der Waals surface area contributed by atoms with E-state index in [0.717, 1.165) is 28.5 Å². The predicted molar refractivity (Wildman–Crippen MR) is 161 cm³/mol. The van der Waals surface area contributed by atoms with Crippen molar-refractivity contribution in [2.75, 3.05) is 23.5 Å². The number of rotatable bonds is 5. The highest BCUT2D eigenvalue weighted by atomic mass is 32.1. The molecule has 0 N–H and O–H groups in total. The topological polar surface area (TPSA) is 31.8 Å². The van der Waals surface area contributed by atoms with Gasteiger partial charge in [0.1, 0.15) is 11.5 Å². The lowest BCUT2D eigenvalue weighted by atomic mass is 9.82. The number of aryl methyl sites for hydroxylation is 1. The molecule has 1 aromatic heterocycles. The van der Waals surface area contributed by atoms with E-state index in [2.05, 4.69) is 17.9 Å². The maximum atomic E-state index is 8.78. The fourth-order valence-electron chi connectivity index (χ4n) is 6.24. The molecule has 3 aliphatic rings. The third-order valence-electron chi connectivity index (χ3n) is 7.92. The molecule has 5 nitrogen and oxygen atoms in total. The van der Waals surface area contributed by atoms with Crippen LogP contribution in [0.4, 0.5) is 16.5 Å². The van der Waals surface area contributed by atoms with Crippen LogP contribution in [0.3, 0.4) is 0 Å². The Kier molecular flexibility index (Phi) is 4.26. The number of benzene rings is 3.